The summed E-state index contributed by atoms with van der Waals surface area (Å²) in [5.41, 5.74) is -0.595. The zero-order valence-electron chi connectivity index (χ0n) is 9.50. The third kappa shape index (κ3) is 2.02. The van der Waals surface area contributed by atoms with Crippen molar-refractivity contribution in [2.24, 2.45) is 0 Å². The Bertz CT molecular complexity index is 370. The number of aliphatic hydroxyl groups is 2. The molecule has 60 valence electrons. The molecule has 0 saturated heterocycles. The Labute approximate surface area is 79.2 Å². The summed E-state index contributed by atoms with van der Waals surface area (Å²) in [6.07, 6.45) is 0. The van der Waals surface area contributed by atoms with Gasteiger partial charge in [0.05, 0.1) is 18.6 Å². The molecule has 3 heteroatoms. The van der Waals surface area contributed by atoms with Gasteiger partial charge in [-0.05, 0) is 23.3 Å². The monoisotopic (exact) mass is 220 g/mol. The highest BCUT2D eigenvalue weighted by atomic mass is 79.9. The molecule has 0 aliphatic carbocycles. The minimum Gasteiger partial charge on any atom is -0.392 e. The van der Waals surface area contributed by atoms with Crippen LogP contribution in [0.1, 0.15) is 16.6 Å². The van der Waals surface area contributed by atoms with Gasteiger partial charge in [-0.3, -0.25) is 0 Å². The molecule has 1 aromatic rings. The zero-order chi connectivity index (χ0) is 11.9. The van der Waals surface area contributed by atoms with Crippen molar-refractivity contribution in [3.05, 3.63) is 33.8 Å². The van der Waals surface area contributed by atoms with Gasteiger partial charge in [-0.2, -0.15) is 0 Å². The second-order valence-corrected chi connectivity index (χ2v) is 2.83. The van der Waals surface area contributed by atoms with Crippen molar-refractivity contribution in [2.75, 3.05) is 0 Å². The molecule has 2 nitrogen and oxygen atoms in total. The van der Waals surface area contributed by atoms with Gasteiger partial charge >= 0.3 is 0 Å². The summed E-state index contributed by atoms with van der Waals surface area (Å²) in [5, 5.41) is 18.4. The van der Waals surface area contributed by atoms with Gasteiger partial charge in [0.15, 0.2) is 0 Å². The zero-order valence-corrected chi connectivity index (χ0v) is 7.09. The van der Waals surface area contributed by atoms with Crippen LogP contribution in [0.3, 0.4) is 0 Å². The van der Waals surface area contributed by atoms with Gasteiger partial charge in [-0.1, -0.05) is 22.0 Å². The van der Waals surface area contributed by atoms with E-state index in [1.165, 1.54) is 18.2 Å². The van der Waals surface area contributed by atoms with Crippen molar-refractivity contribution in [1.29, 1.82) is 0 Å². The van der Waals surface area contributed by atoms with E-state index in [-0.39, 0.29) is 11.1 Å². The van der Waals surface area contributed by atoms with Crippen LogP contribution in [0.15, 0.2) is 22.7 Å². The molecule has 1 aromatic carbocycles. The fourth-order valence-corrected chi connectivity index (χ4v) is 1.07. The number of hydrogen-bond donors (Lipinski definition) is 2. The highest BCUT2D eigenvalue weighted by Crippen LogP contribution is 2.16. The van der Waals surface area contributed by atoms with E-state index in [1.807, 2.05) is 0 Å². The predicted octanol–water partition coefficient (Wildman–Crippen LogP) is 1.43. The predicted molar refractivity (Wildman–Crippen MR) is 46.0 cm³/mol. The van der Waals surface area contributed by atoms with Gasteiger partial charge < -0.3 is 10.2 Å². The molecule has 1 rings (SSSR count). The van der Waals surface area contributed by atoms with E-state index in [2.05, 4.69) is 15.9 Å². The summed E-state index contributed by atoms with van der Waals surface area (Å²) in [4.78, 5) is 0. The Kier molecular flexibility index (Phi) is 1.61. The highest BCUT2D eigenvalue weighted by molar-refractivity contribution is 9.10. The lowest BCUT2D eigenvalue weighted by molar-refractivity contribution is 0.260. The lowest BCUT2D eigenvalue weighted by Crippen LogP contribution is -1.92. The first-order chi connectivity index (χ1) is 6.62. The summed E-state index contributed by atoms with van der Waals surface area (Å²) in [6.45, 7) is -5.39. The van der Waals surface area contributed by atoms with Crippen molar-refractivity contribution >= 4 is 15.9 Å². The molecular weight excluding hydrogens is 208 g/mol. The molecule has 0 aliphatic heterocycles. The number of benzene rings is 1. The van der Waals surface area contributed by atoms with Crippen LogP contribution >= 0.6 is 15.9 Å². The smallest absolute Gasteiger partial charge is 0.0685 e. The van der Waals surface area contributed by atoms with Crippen molar-refractivity contribution in [2.45, 2.75) is 13.1 Å². The van der Waals surface area contributed by atoms with Crippen molar-refractivity contribution in [3.63, 3.8) is 0 Å². The van der Waals surface area contributed by atoms with Crippen LogP contribution in [0.4, 0.5) is 0 Å². The Hall–Kier alpha value is -0.380. The van der Waals surface area contributed by atoms with Crippen LogP contribution in [0.25, 0.3) is 0 Å². The van der Waals surface area contributed by atoms with E-state index in [9.17, 15) is 5.11 Å². The summed E-state index contributed by atoms with van der Waals surface area (Å²) in [7, 11) is 0. The largest absolute Gasteiger partial charge is 0.392 e. The summed E-state index contributed by atoms with van der Waals surface area (Å²) >= 11 is 3.07. The van der Waals surface area contributed by atoms with E-state index in [0.717, 1.165) is 0 Å². The first-order valence-corrected chi connectivity index (χ1v) is 3.67. The standard InChI is InChI=1S/C8H9BrO2/c9-8-2-1-6(4-10)7(3-8)5-11/h1-3,10-11H,4-5H2/i4D2,5D2. The van der Waals surface area contributed by atoms with Crippen molar-refractivity contribution < 1.29 is 15.7 Å². The minimum atomic E-state index is -2.70. The second kappa shape index (κ2) is 3.85. The van der Waals surface area contributed by atoms with Crippen LogP contribution in [-0.4, -0.2) is 10.2 Å². The summed E-state index contributed by atoms with van der Waals surface area (Å²) < 4.78 is 28.9. The lowest BCUT2D eigenvalue weighted by atomic mass is 10.1. The molecule has 0 saturated carbocycles. The topological polar surface area (TPSA) is 40.5 Å². The third-order valence-electron chi connectivity index (χ3n) is 1.22. The molecule has 0 spiro atoms. The number of halogens is 1. The first kappa shape index (κ1) is 4.60. The van der Waals surface area contributed by atoms with Crippen LogP contribution in [0.2, 0.25) is 0 Å². The molecule has 2 N–H and O–H groups in total. The quantitative estimate of drug-likeness (QED) is 0.793. The maximum atomic E-state index is 9.19. The highest BCUT2D eigenvalue weighted by Gasteiger charge is 1.99. The molecule has 0 fully saturated rings. The van der Waals surface area contributed by atoms with E-state index in [1.54, 1.807) is 0 Å². The molecule has 0 amide bonds. The van der Waals surface area contributed by atoms with Gasteiger partial charge in [-0.15, -0.1) is 0 Å². The molecule has 0 atom stereocenters. The minimum absolute atomic E-state index is 0.293. The fourth-order valence-electron chi connectivity index (χ4n) is 0.706. The SMILES string of the molecule is [2H]C([2H])(O)c1ccc(Br)cc1C([2H])([2H])O. The first-order valence-electron chi connectivity index (χ1n) is 4.87. The maximum Gasteiger partial charge on any atom is 0.0685 e. The Morgan fingerprint density at radius 2 is 1.91 bits per heavy atom. The second-order valence-electron chi connectivity index (χ2n) is 1.91. The number of hydrogen-bond acceptors (Lipinski definition) is 2. The van der Waals surface area contributed by atoms with E-state index in [4.69, 9.17) is 10.6 Å². The van der Waals surface area contributed by atoms with Crippen LogP contribution < -0.4 is 0 Å². The van der Waals surface area contributed by atoms with Crippen LogP contribution in [-0.2, 0) is 13.1 Å². The molecule has 0 unspecified atom stereocenters. The van der Waals surface area contributed by atoms with Crippen LogP contribution in [0, 0.1) is 0 Å². The lowest BCUT2D eigenvalue weighted by Gasteiger charge is -2.03. The van der Waals surface area contributed by atoms with E-state index < -0.39 is 13.1 Å². The molecule has 0 heterocycles. The molecular formula is C8H9BrO2. The molecule has 11 heavy (non-hydrogen) atoms. The maximum absolute atomic E-state index is 9.19. The van der Waals surface area contributed by atoms with Crippen molar-refractivity contribution in [3.8, 4) is 0 Å². The van der Waals surface area contributed by atoms with Gasteiger partial charge in [-0.25, -0.2) is 0 Å². The van der Waals surface area contributed by atoms with Gasteiger partial charge in [0, 0.05) is 4.47 Å². The normalized spacial score (nSPS) is 18.1. The fraction of sp³-hybridized carbons (Fsp3) is 0.250. The average molecular weight is 221 g/mol. The van der Waals surface area contributed by atoms with E-state index in [0.29, 0.717) is 4.47 Å². The molecule has 0 aromatic heterocycles. The van der Waals surface area contributed by atoms with Gasteiger partial charge in [0.25, 0.3) is 0 Å². The Balaban J connectivity index is 3.41. The Morgan fingerprint density at radius 1 is 1.27 bits per heavy atom. The molecule has 0 aliphatic rings. The third-order valence-corrected chi connectivity index (χ3v) is 1.72. The number of rotatable bonds is 2. The summed E-state index contributed by atoms with van der Waals surface area (Å²) in [5.74, 6) is 0. The summed E-state index contributed by atoms with van der Waals surface area (Å²) in [6, 6.07) is 3.90. The molecule has 0 radical (unpaired) electrons. The van der Waals surface area contributed by atoms with Crippen molar-refractivity contribution in [1.82, 2.24) is 0 Å². The Morgan fingerprint density at radius 3 is 2.45 bits per heavy atom. The average Bonchev–Trinajstić information content (AvgIpc) is 2.00. The van der Waals surface area contributed by atoms with Crippen LogP contribution in [0.5, 0.6) is 0 Å². The van der Waals surface area contributed by atoms with E-state index >= 15 is 0 Å². The van der Waals surface area contributed by atoms with Gasteiger partial charge in [0.2, 0.25) is 0 Å². The van der Waals surface area contributed by atoms with Gasteiger partial charge in [0.1, 0.15) is 0 Å². The molecule has 0 bridgehead atoms.